The van der Waals surface area contributed by atoms with E-state index >= 15 is 0 Å². The summed E-state index contributed by atoms with van der Waals surface area (Å²) in [6.45, 7) is 7.57. The Morgan fingerprint density at radius 2 is 1.75 bits per heavy atom. The Morgan fingerprint density at radius 3 is 2.33 bits per heavy atom. The number of hydrogen-bond acceptors (Lipinski definition) is 2. The van der Waals surface area contributed by atoms with E-state index in [1.165, 1.54) is 0 Å². The standard InChI is InChI=1S/C19H26N4O/c1-19(2,3)22-18(20-4)21-13-15-8-10-16(11-9-15)14-23-12-6-5-7-17(23)24/h5-12H,13-14H2,1-4H3,(H2,20,21,22). The van der Waals surface area contributed by atoms with Gasteiger partial charge in [0, 0.05) is 31.4 Å². The van der Waals surface area contributed by atoms with Crippen molar-refractivity contribution in [1.82, 2.24) is 15.2 Å². The first kappa shape index (κ1) is 17.8. The van der Waals surface area contributed by atoms with Crippen LogP contribution in [0.3, 0.4) is 0 Å². The summed E-state index contributed by atoms with van der Waals surface area (Å²) in [7, 11) is 1.77. The zero-order chi connectivity index (χ0) is 17.6. The van der Waals surface area contributed by atoms with E-state index in [2.05, 4.69) is 60.7 Å². The van der Waals surface area contributed by atoms with Gasteiger partial charge in [0.25, 0.3) is 5.56 Å². The van der Waals surface area contributed by atoms with Gasteiger partial charge < -0.3 is 15.2 Å². The smallest absolute Gasteiger partial charge is 0.250 e. The molecular weight excluding hydrogens is 300 g/mol. The number of nitrogens with zero attached hydrogens (tertiary/aromatic N) is 2. The molecular formula is C19H26N4O. The molecule has 128 valence electrons. The maximum absolute atomic E-state index is 11.7. The maximum atomic E-state index is 11.7. The predicted molar refractivity (Wildman–Crippen MR) is 99.3 cm³/mol. The molecule has 0 amide bonds. The van der Waals surface area contributed by atoms with Crippen LogP contribution in [-0.4, -0.2) is 23.1 Å². The largest absolute Gasteiger partial charge is 0.352 e. The van der Waals surface area contributed by atoms with Crippen LogP contribution in [0.2, 0.25) is 0 Å². The Hall–Kier alpha value is -2.56. The van der Waals surface area contributed by atoms with E-state index in [0.717, 1.165) is 17.1 Å². The number of rotatable bonds is 4. The molecule has 0 aliphatic rings. The summed E-state index contributed by atoms with van der Waals surface area (Å²) in [6, 6.07) is 13.4. The van der Waals surface area contributed by atoms with Crippen molar-refractivity contribution in [3.63, 3.8) is 0 Å². The predicted octanol–water partition coefficient (Wildman–Crippen LogP) is 2.36. The van der Waals surface area contributed by atoms with E-state index in [-0.39, 0.29) is 11.1 Å². The summed E-state index contributed by atoms with van der Waals surface area (Å²) in [4.78, 5) is 16.0. The molecule has 0 unspecified atom stereocenters. The van der Waals surface area contributed by atoms with Gasteiger partial charge in [0.05, 0.1) is 6.54 Å². The molecule has 5 nitrogen and oxygen atoms in total. The highest BCUT2D eigenvalue weighted by molar-refractivity contribution is 5.80. The topological polar surface area (TPSA) is 58.4 Å². The minimum atomic E-state index is -0.0331. The lowest BCUT2D eigenvalue weighted by Crippen LogP contribution is -2.47. The summed E-state index contributed by atoms with van der Waals surface area (Å²) in [6.07, 6.45) is 1.81. The average molecular weight is 326 g/mol. The molecule has 0 atom stereocenters. The highest BCUT2D eigenvalue weighted by atomic mass is 16.1. The third-order valence-electron chi connectivity index (χ3n) is 3.45. The molecule has 1 aromatic heterocycles. The fourth-order valence-electron chi connectivity index (χ4n) is 2.27. The number of nitrogens with one attached hydrogen (secondary N) is 2. The van der Waals surface area contributed by atoms with Crippen LogP contribution in [-0.2, 0) is 13.1 Å². The molecule has 5 heteroatoms. The van der Waals surface area contributed by atoms with Crippen molar-refractivity contribution in [2.24, 2.45) is 4.99 Å². The molecule has 2 rings (SSSR count). The molecule has 0 fully saturated rings. The Labute approximate surface area is 143 Å². The zero-order valence-electron chi connectivity index (χ0n) is 14.8. The van der Waals surface area contributed by atoms with Gasteiger partial charge in [-0.2, -0.15) is 0 Å². The quantitative estimate of drug-likeness (QED) is 0.670. The van der Waals surface area contributed by atoms with Crippen molar-refractivity contribution in [1.29, 1.82) is 0 Å². The Balaban J connectivity index is 1.95. The van der Waals surface area contributed by atoms with Gasteiger partial charge in [-0.1, -0.05) is 30.3 Å². The van der Waals surface area contributed by atoms with Crippen LogP contribution >= 0.6 is 0 Å². The maximum Gasteiger partial charge on any atom is 0.250 e. The Bertz CT molecular complexity index is 739. The third-order valence-corrected chi connectivity index (χ3v) is 3.45. The van der Waals surface area contributed by atoms with Gasteiger partial charge in [-0.3, -0.25) is 9.79 Å². The fourth-order valence-corrected chi connectivity index (χ4v) is 2.27. The van der Waals surface area contributed by atoms with Gasteiger partial charge in [0.2, 0.25) is 0 Å². The molecule has 1 heterocycles. The van der Waals surface area contributed by atoms with Crippen molar-refractivity contribution in [2.75, 3.05) is 7.05 Å². The molecule has 2 aromatic rings. The first-order valence-corrected chi connectivity index (χ1v) is 8.09. The molecule has 1 aromatic carbocycles. The lowest BCUT2D eigenvalue weighted by atomic mass is 10.1. The lowest BCUT2D eigenvalue weighted by molar-refractivity contribution is 0.501. The highest BCUT2D eigenvalue weighted by Crippen LogP contribution is 2.06. The number of pyridine rings is 1. The van der Waals surface area contributed by atoms with Crippen molar-refractivity contribution in [2.45, 2.75) is 39.4 Å². The molecule has 0 spiro atoms. The number of aromatic nitrogens is 1. The van der Waals surface area contributed by atoms with Crippen LogP contribution in [0.25, 0.3) is 0 Å². The number of benzene rings is 1. The van der Waals surface area contributed by atoms with E-state index in [1.54, 1.807) is 29.9 Å². The molecule has 0 aliphatic carbocycles. The molecule has 2 N–H and O–H groups in total. The van der Waals surface area contributed by atoms with Crippen molar-refractivity contribution < 1.29 is 0 Å². The first-order chi connectivity index (χ1) is 11.4. The van der Waals surface area contributed by atoms with Crippen molar-refractivity contribution in [3.8, 4) is 0 Å². The number of hydrogen-bond donors (Lipinski definition) is 2. The van der Waals surface area contributed by atoms with E-state index in [4.69, 9.17) is 0 Å². The van der Waals surface area contributed by atoms with Gasteiger partial charge in [-0.05, 0) is 38.0 Å². The zero-order valence-corrected chi connectivity index (χ0v) is 14.8. The normalized spacial score (nSPS) is 12.1. The number of guanidine groups is 1. The fraction of sp³-hybridized carbons (Fsp3) is 0.368. The van der Waals surface area contributed by atoms with Crippen molar-refractivity contribution >= 4 is 5.96 Å². The molecule has 0 saturated carbocycles. The molecule has 0 aliphatic heterocycles. The van der Waals surface area contributed by atoms with Crippen LogP contribution in [0.1, 0.15) is 31.9 Å². The monoisotopic (exact) mass is 326 g/mol. The highest BCUT2D eigenvalue weighted by Gasteiger charge is 2.11. The van der Waals surface area contributed by atoms with E-state index in [1.807, 2.05) is 6.07 Å². The van der Waals surface area contributed by atoms with E-state index in [0.29, 0.717) is 13.1 Å². The minimum Gasteiger partial charge on any atom is -0.352 e. The molecule has 0 saturated heterocycles. The second-order valence-electron chi connectivity index (χ2n) is 6.78. The summed E-state index contributed by atoms with van der Waals surface area (Å²) in [5.74, 6) is 0.780. The van der Waals surface area contributed by atoms with Gasteiger partial charge >= 0.3 is 0 Å². The Kier molecular flexibility index (Phi) is 5.79. The van der Waals surface area contributed by atoms with Gasteiger partial charge in [-0.25, -0.2) is 0 Å². The van der Waals surface area contributed by atoms with Crippen LogP contribution in [0.5, 0.6) is 0 Å². The third kappa shape index (κ3) is 5.57. The van der Waals surface area contributed by atoms with Crippen LogP contribution in [0, 0.1) is 0 Å². The summed E-state index contributed by atoms with van der Waals surface area (Å²) in [5.41, 5.74) is 2.25. The SMILES string of the molecule is CN=C(NCc1ccc(Cn2ccccc2=O)cc1)NC(C)(C)C. The van der Waals surface area contributed by atoms with Crippen molar-refractivity contribution in [3.05, 3.63) is 70.1 Å². The second-order valence-corrected chi connectivity index (χ2v) is 6.78. The summed E-state index contributed by atoms with van der Waals surface area (Å²) < 4.78 is 1.70. The molecule has 24 heavy (non-hydrogen) atoms. The summed E-state index contributed by atoms with van der Waals surface area (Å²) >= 11 is 0. The molecule has 0 bridgehead atoms. The van der Waals surface area contributed by atoms with E-state index in [9.17, 15) is 4.79 Å². The van der Waals surface area contributed by atoms with Gasteiger partial charge in [-0.15, -0.1) is 0 Å². The average Bonchev–Trinajstić information content (AvgIpc) is 2.54. The van der Waals surface area contributed by atoms with Gasteiger partial charge in [0.1, 0.15) is 0 Å². The van der Waals surface area contributed by atoms with Crippen LogP contribution in [0.15, 0.2) is 58.4 Å². The van der Waals surface area contributed by atoms with Crippen LogP contribution in [0.4, 0.5) is 0 Å². The second kappa shape index (κ2) is 7.81. The molecule has 0 radical (unpaired) electrons. The first-order valence-electron chi connectivity index (χ1n) is 8.09. The summed E-state index contributed by atoms with van der Waals surface area (Å²) in [5, 5.41) is 6.63. The lowest BCUT2D eigenvalue weighted by Gasteiger charge is -2.23. The van der Waals surface area contributed by atoms with Gasteiger partial charge in [0.15, 0.2) is 5.96 Å². The Morgan fingerprint density at radius 1 is 1.08 bits per heavy atom. The number of aliphatic imine (C=N–C) groups is 1. The van der Waals surface area contributed by atoms with Crippen LogP contribution < -0.4 is 16.2 Å². The van der Waals surface area contributed by atoms with E-state index < -0.39 is 0 Å². The minimum absolute atomic E-state index is 0.0142.